The van der Waals surface area contributed by atoms with Crippen molar-refractivity contribution in [1.29, 1.82) is 0 Å². The second-order valence-corrected chi connectivity index (χ2v) is 6.64. The number of nitrogens with zero attached hydrogens (tertiary/aromatic N) is 4. The number of rotatable bonds is 6. The molecule has 0 aliphatic carbocycles. The first-order chi connectivity index (χ1) is 13.0. The minimum absolute atomic E-state index is 0.0447. The maximum atomic E-state index is 12.5. The van der Waals surface area contributed by atoms with E-state index in [2.05, 4.69) is 17.2 Å². The van der Waals surface area contributed by atoms with Crippen LogP contribution in [0.5, 0.6) is 5.88 Å². The molecule has 27 heavy (non-hydrogen) atoms. The van der Waals surface area contributed by atoms with Crippen molar-refractivity contribution in [3.63, 3.8) is 0 Å². The SMILES string of the molecule is CCCCn1c(O)c(N=NC(=O)c2cccc(N(C)C)c2)c2ccccc21. The fourth-order valence-electron chi connectivity index (χ4n) is 2.98. The molecule has 2 aromatic carbocycles. The second-order valence-electron chi connectivity index (χ2n) is 6.64. The van der Waals surface area contributed by atoms with Crippen molar-refractivity contribution in [3.8, 4) is 5.88 Å². The lowest BCUT2D eigenvalue weighted by Gasteiger charge is -2.12. The van der Waals surface area contributed by atoms with Crippen LogP contribution in [-0.4, -0.2) is 29.7 Å². The standard InChI is InChI=1S/C21H24N4O2/c1-4-5-13-25-18-12-7-6-11-17(18)19(21(25)27)22-23-20(26)15-9-8-10-16(14-15)24(2)3/h6-12,14,27H,4-5,13H2,1-3H3. The number of amides is 1. The highest BCUT2D eigenvalue weighted by Crippen LogP contribution is 2.39. The second kappa shape index (κ2) is 8.03. The maximum absolute atomic E-state index is 12.5. The van der Waals surface area contributed by atoms with Gasteiger partial charge in [-0.2, -0.15) is 0 Å². The lowest BCUT2D eigenvalue weighted by Crippen LogP contribution is -2.09. The van der Waals surface area contributed by atoms with Crippen molar-refractivity contribution in [1.82, 2.24) is 4.57 Å². The lowest BCUT2D eigenvalue weighted by atomic mass is 10.2. The van der Waals surface area contributed by atoms with Crippen LogP contribution in [0.25, 0.3) is 10.9 Å². The number of aromatic nitrogens is 1. The molecule has 1 amide bonds. The average molecular weight is 364 g/mol. The average Bonchev–Trinajstić information content (AvgIpc) is 2.95. The highest BCUT2D eigenvalue weighted by Gasteiger charge is 2.16. The summed E-state index contributed by atoms with van der Waals surface area (Å²) in [4.78, 5) is 14.4. The molecule has 0 aliphatic rings. The first-order valence-electron chi connectivity index (χ1n) is 9.06. The molecule has 0 fully saturated rings. The molecule has 0 aliphatic heterocycles. The van der Waals surface area contributed by atoms with Crippen LogP contribution in [-0.2, 0) is 6.54 Å². The molecule has 0 saturated carbocycles. The van der Waals surface area contributed by atoms with E-state index in [0.29, 0.717) is 17.8 Å². The Morgan fingerprint density at radius 3 is 2.67 bits per heavy atom. The summed E-state index contributed by atoms with van der Waals surface area (Å²) in [5, 5.41) is 19.4. The van der Waals surface area contributed by atoms with Gasteiger partial charge >= 0.3 is 0 Å². The molecule has 1 aromatic heterocycles. The predicted octanol–water partition coefficient (Wildman–Crippen LogP) is 5.14. The Morgan fingerprint density at radius 2 is 1.93 bits per heavy atom. The van der Waals surface area contributed by atoms with Gasteiger partial charge in [0.15, 0.2) is 5.69 Å². The number of fused-ring (bicyclic) bond motifs is 1. The topological polar surface area (TPSA) is 70.2 Å². The number of hydrogen-bond acceptors (Lipinski definition) is 4. The van der Waals surface area contributed by atoms with Crippen LogP contribution >= 0.6 is 0 Å². The zero-order valence-electron chi connectivity index (χ0n) is 15.9. The molecule has 0 spiro atoms. The van der Waals surface area contributed by atoms with Crippen LogP contribution in [0.3, 0.4) is 0 Å². The fraction of sp³-hybridized carbons (Fsp3) is 0.286. The number of unbranched alkanes of at least 4 members (excludes halogenated alkanes) is 1. The molecule has 0 atom stereocenters. The molecular weight excluding hydrogens is 340 g/mol. The van der Waals surface area contributed by atoms with E-state index in [1.807, 2.05) is 60.0 Å². The van der Waals surface area contributed by atoms with Crippen LogP contribution in [0.2, 0.25) is 0 Å². The molecule has 0 radical (unpaired) electrons. The number of hydrogen-bond donors (Lipinski definition) is 1. The zero-order chi connectivity index (χ0) is 19.4. The molecule has 6 heteroatoms. The summed E-state index contributed by atoms with van der Waals surface area (Å²) < 4.78 is 1.82. The summed E-state index contributed by atoms with van der Waals surface area (Å²) in [6.07, 6.45) is 1.96. The zero-order valence-corrected chi connectivity index (χ0v) is 15.9. The Kier molecular flexibility index (Phi) is 5.54. The number of carbonyl (C=O) groups excluding carboxylic acids is 1. The molecule has 140 valence electrons. The minimum atomic E-state index is -0.441. The van der Waals surface area contributed by atoms with Gasteiger partial charge < -0.3 is 14.6 Å². The number of carbonyl (C=O) groups is 1. The highest BCUT2D eigenvalue weighted by atomic mass is 16.3. The van der Waals surface area contributed by atoms with Gasteiger partial charge in [0.1, 0.15) is 0 Å². The van der Waals surface area contributed by atoms with Gasteiger partial charge in [-0.1, -0.05) is 37.6 Å². The Morgan fingerprint density at radius 1 is 1.15 bits per heavy atom. The lowest BCUT2D eigenvalue weighted by molar-refractivity contribution is 0.0995. The third kappa shape index (κ3) is 3.84. The molecule has 3 aromatic rings. The third-order valence-electron chi connectivity index (χ3n) is 4.50. The minimum Gasteiger partial charge on any atom is -0.493 e. The van der Waals surface area contributed by atoms with E-state index < -0.39 is 5.91 Å². The third-order valence-corrected chi connectivity index (χ3v) is 4.50. The van der Waals surface area contributed by atoms with Gasteiger partial charge in [0, 0.05) is 37.3 Å². The predicted molar refractivity (Wildman–Crippen MR) is 108 cm³/mol. The quantitative estimate of drug-likeness (QED) is 0.616. The van der Waals surface area contributed by atoms with Crippen LogP contribution < -0.4 is 4.90 Å². The van der Waals surface area contributed by atoms with Gasteiger partial charge in [-0.25, -0.2) is 0 Å². The highest BCUT2D eigenvalue weighted by molar-refractivity contribution is 5.97. The monoisotopic (exact) mass is 364 g/mol. The maximum Gasteiger partial charge on any atom is 0.295 e. The summed E-state index contributed by atoms with van der Waals surface area (Å²) in [6.45, 7) is 2.79. The molecule has 0 unspecified atom stereocenters. The van der Waals surface area contributed by atoms with Crippen LogP contribution in [0, 0.1) is 0 Å². The molecule has 1 N–H and O–H groups in total. The number of benzene rings is 2. The Balaban J connectivity index is 1.95. The fourth-order valence-corrected chi connectivity index (χ4v) is 2.98. The van der Waals surface area contributed by atoms with Gasteiger partial charge in [0.05, 0.1) is 5.52 Å². The summed E-state index contributed by atoms with van der Waals surface area (Å²) in [7, 11) is 3.82. The number of para-hydroxylation sites is 1. The molecule has 0 bridgehead atoms. The van der Waals surface area contributed by atoms with E-state index in [-0.39, 0.29) is 5.88 Å². The van der Waals surface area contributed by atoms with Gasteiger partial charge in [0.2, 0.25) is 5.88 Å². The Labute approximate surface area is 158 Å². The smallest absolute Gasteiger partial charge is 0.295 e. The van der Waals surface area contributed by atoms with Crippen molar-refractivity contribution in [2.24, 2.45) is 10.2 Å². The van der Waals surface area contributed by atoms with Crippen LogP contribution in [0.15, 0.2) is 58.8 Å². The first kappa shape index (κ1) is 18.6. The summed E-state index contributed by atoms with van der Waals surface area (Å²) >= 11 is 0. The van der Waals surface area contributed by atoms with E-state index in [4.69, 9.17) is 0 Å². The Bertz CT molecular complexity index is 989. The van der Waals surface area contributed by atoms with E-state index in [1.54, 1.807) is 12.1 Å². The summed E-state index contributed by atoms with van der Waals surface area (Å²) in [5.74, 6) is -0.397. The van der Waals surface area contributed by atoms with Crippen molar-refractivity contribution < 1.29 is 9.90 Å². The van der Waals surface area contributed by atoms with Gasteiger partial charge in [-0.15, -0.1) is 10.2 Å². The molecule has 3 rings (SSSR count). The number of anilines is 1. The normalized spacial score (nSPS) is 11.4. The molecule has 6 nitrogen and oxygen atoms in total. The van der Waals surface area contributed by atoms with Gasteiger partial charge in [-0.05, 0) is 30.7 Å². The van der Waals surface area contributed by atoms with E-state index in [0.717, 1.165) is 29.4 Å². The molecule has 1 heterocycles. The van der Waals surface area contributed by atoms with Gasteiger partial charge in [0.25, 0.3) is 5.91 Å². The van der Waals surface area contributed by atoms with Crippen molar-refractivity contribution in [3.05, 3.63) is 54.1 Å². The van der Waals surface area contributed by atoms with E-state index >= 15 is 0 Å². The van der Waals surface area contributed by atoms with Crippen molar-refractivity contribution >= 4 is 28.2 Å². The van der Waals surface area contributed by atoms with Crippen LogP contribution in [0.4, 0.5) is 11.4 Å². The largest absolute Gasteiger partial charge is 0.493 e. The van der Waals surface area contributed by atoms with Crippen molar-refractivity contribution in [2.75, 3.05) is 19.0 Å². The van der Waals surface area contributed by atoms with Gasteiger partial charge in [-0.3, -0.25) is 4.79 Å². The van der Waals surface area contributed by atoms with Crippen molar-refractivity contribution in [2.45, 2.75) is 26.3 Å². The van der Waals surface area contributed by atoms with E-state index in [9.17, 15) is 9.90 Å². The van der Waals surface area contributed by atoms with Crippen LogP contribution in [0.1, 0.15) is 30.1 Å². The summed E-state index contributed by atoms with van der Waals surface area (Å²) in [5.41, 5.74) is 2.59. The summed E-state index contributed by atoms with van der Waals surface area (Å²) in [6, 6.07) is 14.8. The number of azo groups is 1. The van der Waals surface area contributed by atoms with E-state index in [1.165, 1.54) is 0 Å². The molecule has 0 saturated heterocycles. The number of aromatic hydroxyl groups is 1. The first-order valence-corrected chi connectivity index (χ1v) is 9.06. The molecular formula is C21H24N4O2. The Hall–Kier alpha value is -3.15. The number of aryl methyl sites for hydroxylation is 1.